The Labute approximate surface area is 191 Å². The van der Waals surface area contributed by atoms with Crippen LogP contribution in [0.2, 0.25) is 0 Å². The molecule has 1 aromatic heterocycles. The predicted octanol–water partition coefficient (Wildman–Crippen LogP) is 3.43. The molecule has 8 heteroatoms. The number of fused-ring (bicyclic) bond motifs is 2. The molecular formula is C23H29BrN2O5. The van der Waals surface area contributed by atoms with E-state index in [1.807, 2.05) is 48.7 Å². The van der Waals surface area contributed by atoms with E-state index in [2.05, 4.69) is 15.9 Å². The van der Waals surface area contributed by atoms with Crippen molar-refractivity contribution in [2.75, 3.05) is 40.0 Å². The molecule has 7 nitrogen and oxygen atoms in total. The Morgan fingerprint density at radius 3 is 2.58 bits per heavy atom. The van der Waals surface area contributed by atoms with Crippen LogP contribution in [0, 0.1) is 0 Å². The standard InChI is InChI=1S/C21H23BrN2O5.C2H6/c1-27-10-8-23-13-21(7-9-28-14-21)24-11-16(22)18(25)19(17(24)20(23)26)29-12-15-5-3-2-4-6-15;1-2/h2-6,11H,7-10,12-14H2,1H3;1-2H3. The second-order valence-electron chi connectivity index (χ2n) is 7.37. The van der Waals surface area contributed by atoms with Crippen molar-refractivity contribution in [2.24, 2.45) is 0 Å². The van der Waals surface area contributed by atoms with Crippen LogP contribution >= 0.6 is 15.9 Å². The van der Waals surface area contributed by atoms with E-state index in [-0.39, 0.29) is 29.4 Å². The second kappa shape index (κ2) is 10.4. The summed E-state index contributed by atoms with van der Waals surface area (Å²) < 4.78 is 19.1. The molecule has 31 heavy (non-hydrogen) atoms. The van der Waals surface area contributed by atoms with E-state index < -0.39 is 5.54 Å². The van der Waals surface area contributed by atoms with Gasteiger partial charge < -0.3 is 23.7 Å². The van der Waals surface area contributed by atoms with Gasteiger partial charge in [-0.1, -0.05) is 44.2 Å². The normalized spacial score (nSPS) is 19.7. The van der Waals surface area contributed by atoms with Crippen molar-refractivity contribution in [1.29, 1.82) is 0 Å². The first kappa shape index (κ1) is 23.5. The van der Waals surface area contributed by atoms with Gasteiger partial charge in [-0.3, -0.25) is 9.59 Å². The Morgan fingerprint density at radius 2 is 1.94 bits per heavy atom. The summed E-state index contributed by atoms with van der Waals surface area (Å²) in [7, 11) is 1.60. The molecule has 0 aliphatic carbocycles. The lowest BCUT2D eigenvalue weighted by Gasteiger charge is -2.43. The first-order chi connectivity index (χ1) is 15.1. The Bertz CT molecular complexity index is 954. The molecule has 0 saturated carbocycles. The minimum absolute atomic E-state index is 0.0709. The van der Waals surface area contributed by atoms with Gasteiger partial charge in [0.15, 0.2) is 11.4 Å². The minimum Gasteiger partial charge on any atom is -0.483 e. The highest BCUT2D eigenvalue weighted by atomic mass is 79.9. The van der Waals surface area contributed by atoms with Crippen LogP contribution in [-0.4, -0.2) is 55.4 Å². The summed E-state index contributed by atoms with van der Waals surface area (Å²) in [6.45, 7) is 6.66. The van der Waals surface area contributed by atoms with Gasteiger partial charge in [0.1, 0.15) is 6.61 Å². The third-order valence-electron chi connectivity index (χ3n) is 5.48. The number of rotatable bonds is 6. The van der Waals surface area contributed by atoms with Gasteiger partial charge >= 0.3 is 0 Å². The van der Waals surface area contributed by atoms with Crippen molar-refractivity contribution in [3.63, 3.8) is 0 Å². The number of hydrogen-bond acceptors (Lipinski definition) is 5. The zero-order chi connectivity index (χ0) is 22.4. The summed E-state index contributed by atoms with van der Waals surface area (Å²) in [5.74, 6) is -0.158. The van der Waals surface area contributed by atoms with E-state index in [0.717, 1.165) is 12.0 Å². The molecule has 2 aromatic rings. The van der Waals surface area contributed by atoms with Crippen molar-refractivity contribution in [1.82, 2.24) is 9.47 Å². The molecule has 2 aliphatic rings. The van der Waals surface area contributed by atoms with Gasteiger partial charge in [-0.05, 0) is 27.9 Å². The van der Waals surface area contributed by atoms with Gasteiger partial charge in [0.05, 0.1) is 23.2 Å². The Hall–Kier alpha value is -2.16. The summed E-state index contributed by atoms with van der Waals surface area (Å²) in [6.07, 6.45) is 2.46. The van der Waals surface area contributed by atoms with Crippen molar-refractivity contribution >= 4 is 21.8 Å². The SMILES string of the molecule is CC.COCCN1CC2(CCOC2)n2cc(Br)c(=O)c(OCc3ccccc3)c2C1=O. The third kappa shape index (κ3) is 4.71. The van der Waals surface area contributed by atoms with Gasteiger partial charge in [0, 0.05) is 33.0 Å². The fraction of sp³-hybridized carbons (Fsp3) is 0.478. The van der Waals surface area contributed by atoms with Crippen LogP contribution in [0.1, 0.15) is 36.3 Å². The Balaban J connectivity index is 0.00000132. The highest BCUT2D eigenvalue weighted by molar-refractivity contribution is 9.10. The lowest BCUT2D eigenvalue weighted by atomic mass is 9.93. The van der Waals surface area contributed by atoms with Crippen LogP contribution in [0.5, 0.6) is 5.75 Å². The average Bonchev–Trinajstić information content (AvgIpc) is 3.27. The first-order valence-electron chi connectivity index (χ1n) is 10.5. The van der Waals surface area contributed by atoms with Crippen LogP contribution < -0.4 is 10.2 Å². The van der Waals surface area contributed by atoms with E-state index in [4.69, 9.17) is 14.2 Å². The van der Waals surface area contributed by atoms with Gasteiger partial charge in [-0.15, -0.1) is 0 Å². The molecule has 0 radical (unpaired) electrons. The van der Waals surface area contributed by atoms with E-state index in [0.29, 0.717) is 37.4 Å². The second-order valence-corrected chi connectivity index (χ2v) is 8.23. The molecule has 0 N–H and O–H groups in total. The molecule has 1 atom stereocenters. The van der Waals surface area contributed by atoms with Crippen LogP contribution in [0.25, 0.3) is 0 Å². The number of ether oxygens (including phenoxy) is 3. The fourth-order valence-corrected chi connectivity index (χ4v) is 4.33. The van der Waals surface area contributed by atoms with Crippen LogP contribution in [0.4, 0.5) is 0 Å². The topological polar surface area (TPSA) is 70.0 Å². The molecule has 0 bridgehead atoms. The first-order valence-corrected chi connectivity index (χ1v) is 11.3. The van der Waals surface area contributed by atoms with Gasteiger partial charge in [0.2, 0.25) is 5.43 Å². The van der Waals surface area contributed by atoms with Gasteiger partial charge in [-0.2, -0.15) is 0 Å². The monoisotopic (exact) mass is 492 g/mol. The zero-order valence-electron chi connectivity index (χ0n) is 18.2. The highest BCUT2D eigenvalue weighted by Crippen LogP contribution is 2.37. The van der Waals surface area contributed by atoms with Crippen molar-refractivity contribution < 1.29 is 19.0 Å². The van der Waals surface area contributed by atoms with Crippen molar-refractivity contribution in [3.8, 4) is 5.75 Å². The molecule has 2 aliphatic heterocycles. The van der Waals surface area contributed by atoms with E-state index in [9.17, 15) is 9.59 Å². The summed E-state index contributed by atoms with van der Waals surface area (Å²) >= 11 is 3.36. The number of halogens is 1. The van der Waals surface area contributed by atoms with Crippen LogP contribution in [0.15, 0.2) is 45.8 Å². The molecule has 1 aromatic carbocycles. The summed E-state index contributed by atoms with van der Waals surface area (Å²) in [6, 6.07) is 9.57. The highest BCUT2D eigenvalue weighted by Gasteiger charge is 2.47. The summed E-state index contributed by atoms with van der Waals surface area (Å²) in [4.78, 5) is 28.0. The van der Waals surface area contributed by atoms with Crippen LogP contribution in [-0.2, 0) is 21.6 Å². The summed E-state index contributed by atoms with van der Waals surface area (Å²) in [5, 5.41) is 0. The molecule has 4 rings (SSSR count). The smallest absolute Gasteiger partial charge is 0.274 e. The molecular weight excluding hydrogens is 464 g/mol. The number of benzene rings is 1. The largest absolute Gasteiger partial charge is 0.483 e. The number of pyridine rings is 1. The van der Waals surface area contributed by atoms with Crippen molar-refractivity contribution in [3.05, 3.63) is 62.5 Å². The Morgan fingerprint density at radius 1 is 1.19 bits per heavy atom. The lowest BCUT2D eigenvalue weighted by molar-refractivity contribution is 0.0421. The predicted molar refractivity (Wildman–Crippen MR) is 122 cm³/mol. The molecule has 168 valence electrons. The van der Waals surface area contributed by atoms with Gasteiger partial charge in [-0.25, -0.2) is 0 Å². The van der Waals surface area contributed by atoms with E-state index in [1.165, 1.54) is 0 Å². The average molecular weight is 493 g/mol. The maximum Gasteiger partial charge on any atom is 0.274 e. The van der Waals surface area contributed by atoms with E-state index in [1.54, 1.807) is 18.2 Å². The van der Waals surface area contributed by atoms with Crippen LogP contribution in [0.3, 0.4) is 0 Å². The number of hydrogen-bond donors (Lipinski definition) is 0. The number of amides is 1. The fourth-order valence-electron chi connectivity index (χ4n) is 3.95. The van der Waals surface area contributed by atoms with E-state index >= 15 is 0 Å². The molecule has 1 amide bonds. The molecule has 3 heterocycles. The lowest BCUT2D eigenvalue weighted by Crippen LogP contribution is -2.55. The number of methoxy groups -OCH3 is 1. The molecule has 1 saturated heterocycles. The number of nitrogens with zero attached hydrogens (tertiary/aromatic N) is 2. The maximum atomic E-state index is 13.3. The van der Waals surface area contributed by atoms with Crippen molar-refractivity contribution in [2.45, 2.75) is 32.4 Å². The molecule has 1 spiro atoms. The van der Waals surface area contributed by atoms with Gasteiger partial charge in [0.25, 0.3) is 5.91 Å². The zero-order valence-corrected chi connectivity index (χ0v) is 19.8. The number of carbonyl (C=O) groups is 1. The summed E-state index contributed by atoms with van der Waals surface area (Å²) in [5.41, 5.74) is 0.451. The maximum absolute atomic E-state index is 13.3. The quantitative estimate of drug-likeness (QED) is 0.617. The Kier molecular flexibility index (Phi) is 7.91. The number of aromatic nitrogens is 1. The third-order valence-corrected chi connectivity index (χ3v) is 6.05. The molecule has 1 fully saturated rings. The number of carbonyl (C=O) groups excluding carboxylic acids is 1. The minimum atomic E-state index is -0.419. The molecule has 1 unspecified atom stereocenters.